The highest BCUT2D eigenvalue weighted by atomic mass is 35.5. The Balaban J connectivity index is 1.81. The summed E-state index contributed by atoms with van der Waals surface area (Å²) in [4.78, 5) is 28.0. The van der Waals surface area contributed by atoms with Crippen molar-refractivity contribution in [2.24, 2.45) is 0 Å². The number of aromatic nitrogens is 2. The molecule has 1 amide bonds. The Morgan fingerprint density at radius 1 is 1.28 bits per heavy atom. The largest absolute Gasteiger partial charge is 0.320 e. The average Bonchev–Trinajstić information content (AvgIpc) is 3.05. The summed E-state index contributed by atoms with van der Waals surface area (Å²) >= 11 is 7.08. The van der Waals surface area contributed by atoms with Gasteiger partial charge in [-0.3, -0.25) is 14.6 Å². The van der Waals surface area contributed by atoms with E-state index in [4.69, 9.17) is 11.6 Å². The van der Waals surface area contributed by atoms with Gasteiger partial charge in [0.2, 0.25) is 0 Å². The van der Waals surface area contributed by atoms with Crippen molar-refractivity contribution in [3.63, 3.8) is 0 Å². The molecule has 0 aromatic carbocycles. The Kier molecular flexibility index (Phi) is 6.36. The van der Waals surface area contributed by atoms with Crippen LogP contribution in [0.3, 0.4) is 0 Å². The fraction of sp³-hybridized carbons (Fsp3) is 0.105. The Morgan fingerprint density at radius 3 is 2.69 bits per heavy atom. The zero-order valence-electron chi connectivity index (χ0n) is 14.5. The monoisotopic (exact) mass is 437 g/mol. The first-order valence-corrected chi connectivity index (χ1v) is 9.24. The fourth-order valence-electron chi connectivity index (χ4n) is 2.29. The third-order valence-corrected chi connectivity index (χ3v) is 4.92. The molecule has 0 spiro atoms. The molecule has 3 heterocycles. The van der Waals surface area contributed by atoms with Crippen molar-refractivity contribution >= 4 is 34.5 Å². The number of hydrogen-bond donors (Lipinski definition) is 1. The quantitative estimate of drug-likeness (QED) is 0.627. The van der Waals surface area contributed by atoms with Crippen molar-refractivity contribution in [2.75, 3.05) is 5.32 Å². The number of carbonyl (C=O) groups is 1. The fourth-order valence-corrected chi connectivity index (χ4v) is 3.37. The van der Waals surface area contributed by atoms with Crippen molar-refractivity contribution in [1.29, 1.82) is 0 Å². The van der Waals surface area contributed by atoms with Gasteiger partial charge < -0.3 is 9.88 Å². The zero-order chi connectivity index (χ0) is 21.0. The summed E-state index contributed by atoms with van der Waals surface area (Å²) in [6.07, 6.45) is 1.28. The van der Waals surface area contributed by atoms with Crippen LogP contribution in [-0.2, 0) is 6.54 Å². The number of anilines is 1. The Morgan fingerprint density at radius 2 is 2.00 bits per heavy atom. The predicted octanol–water partition coefficient (Wildman–Crippen LogP) is 4.01. The van der Waals surface area contributed by atoms with Crippen LogP contribution in [0.2, 0.25) is 4.34 Å². The number of pyridine rings is 2. The van der Waals surface area contributed by atoms with Crippen molar-refractivity contribution in [1.82, 2.24) is 9.55 Å². The normalized spacial score (nSPS) is 10.5. The molecule has 29 heavy (non-hydrogen) atoms. The van der Waals surface area contributed by atoms with E-state index in [-0.39, 0.29) is 14.9 Å². The van der Waals surface area contributed by atoms with E-state index in [0.29, 0.717) is 15.7 Å². The SMILES string of the molecule is O=C(Nc1cc(F)c(=O)n(CC(F)F)c1)c1cc(C#Cc2ccncc2)c(Cl)s1. The van der Waals surface area contributed by atoms with Crippen LogP contribution >= 0.6 is 22.9 Å². The van der Waals surface area contributed by atoms with Gasteiger partial charge in [-0.1, -0.05) is 23.4 Å². The summed E-state index contributed by atoms with van der Waals surface area (Å²) in [5, 5.41) is 2.37. The van der Waals surface area contributed by atoms with Gasteiger partial charge in [-0.15, -0.1) is 11.3 Å². The van der Waals surface area contributed by atoms with E-state index in [1.807, 2.05) is 0 Å². The van der Waals surface area contributed by atoms with Crippen LogP contribution < -0.4 is 10.9 Å². The minimum Gasteiger partial charge on any atom is -0.320 e. The number of rotatable bonds is 4. The summed E-state index contributed by atoms with van der Waals surface area (Å²) in [5.74, 6) is 3.84. The molecule has 10 heteroatoms. The van der Waals surface area contributed by atoms with Crippen LogP contribution in [0.25, 0.3) is 0 Å². The number of amides is 1. The predicted molar refractivity (Wildman–Crippen MR) is 104 cm³/mol. The lowest BCUT2D eigenvalue weighted by Crippen LogP contribution is -2.26. The molecule has 0 saturated carbocycles. The summed E-state index contributed by atoms with van der Waals surface area (Å²) in [7, 11) is 0. The molecule has 0 radical (unpaired) electrons. The number of nitrogens with zero attached hydrogens (tertiary/aromatic N) is 2. The zero-order valence-corrected chi connectivity index (χ0v) is 16.0. The number of thiophene rings is 1. The summed E-state index contributed by atoms with van der Waals surface area (Å²) in [5.41, 5.74) is -0.199. The average molecular weight is 438 g/mol. The number of halogens is 4. The minimum atomic E-state index is -2.85. The van der Waals surface area contributed by atoms with Crippen LogP contribution in [0.5, 0.6) is 0 Å². The second kappa shape index (κ2) is 8.94. The van der Waals surface area contributed by atoms with Gasteiger partial charge in [0.25, 0.3) is 17.9 Å². The van der Waals surface area contributed by atoms with E-state index in [9.17, 15) is 22.8 Å². The van der Waals surface area contributed by atoms with Crippen molar-refractivity contribution in [3.05, 3.63) is 79.4 Å². The van der Waals surface area contributed by atoms with Crippen LogP contribution in [-0.4, -0.2) is 21.9 Å². The first-order valence-electron chi connectivity index (χ1n) is 8.04. The molecule has 5 nitrogen and oxygen atoms in total. The highest BCUT2D eigenvalue weighted by molar-refractivity contribution is 7.18. The standard InChI is InChI=1S/C19H11ClF3N3O2S/c20-17-12(2-1-11-3-5-24-6-4-11)7-15(29-17)18(27)25-13-8-14(21)19(28)26(9-13)10-16(22)23/h3-9,16H,10H2,(H,25,27). The maximum atomic E-state index is 13.7. The van der Waals surface area contributed by atoms with Gasteiger partial charge in [-0.05, 0) is 18.2 Å². The van der Waals surface area contributed by atoms with Crippen LogP contribution in [0, 0.1) is 17.7 Å². The van der Waals surface area contributed by atoms with Gasteiger partial charge in [-0.25, -0.2) is 13.2 Å². The molecule has 0 aliphatic rings. The molecule has 0 saturated heterocycles. The lowest BCUT2D eigenvalue weighted by atomic mass is 10.2. The Hall–Kier alpha value is -3.09. The second-order valence-corrected chi connectivity index (χ2v) is 7.32. The van der Waals surface area contributed by atoms with Gasteiger partial charge in [-0.2, -0.15) is 0 Å². The molecule has 0 aliphatic heterocycles. The molecule has 0 aliphatic carbocycles. The van der Waals surface area contributed by atoms with E-state index >= 15 is 0 Å². The summed E-state index contributed by atoms with van der Waals surface area (Å²) in [6.45, 7) is -0.987. The number of hydrogen-bond acceptors (Lipinski definition) is 4. The first kappa shape index (κ1) is 20.6. The molecular weight excluding hydrogens is 427 g/mol. The smallest absolute Gasteiger partial charge is 0.286 e. The van der Waals surface area contributed by atoms with Gasteiger partial charge in [0.05, 0.1) is 22.7 Å². The van der Waals surface area contributed by atoms with Gasteiger partial charge in [0.1, 0.15) is 4.34 Å². The van der Waals surface area contributed by atoms with Crippen molar-refractivity contribution in [3.8, 4) is 11.8 Å². The minimum absolute atomic E-state index is 0.137. The summed E-state index contributed by atoms with van der Waals surface area (Å²) < 4.78 is 39.6. The lowest BCUT2D eigenvalue weighted by molar-refractivity contribution is 0.103. The number of alkyl halides is 2. The maximum absolute atomic E-state index is 13.7. The molecule has 3 aromatic heterocycles. The highest BCUT2D eigenvalue weighted by Gasteiger charge is 2.16. The number of carbonyl (C=O) groups excluding carboxylic acids is 1. The Bertz CT molecular complexity index is 1170. The molecule has 1 N–H and O–H groups in total. The molecule has 0 fully saturated rings. The van der Waals surface area contributed by atoms with Gasteiger partial charge in [0.15, 0.2) is 5.82 Å². The van der Waals surface area contributed by atoms with Crippen molar-refractivity contribution in [2.45, 2.75) is 13.0 Å². The third-order valence-electron chi connectivity index (χ3n) is 3.57. The van der Waals surface area contributed by atoms with Crippen molar-refractivity contribution < 1.29 is 18.0 Å². The van der Waals surface area contributed by atoms with Gasteiger partial charge >= 0.3 is 0 Å². The molecular formula is C19H11ClF3N3O2S. The van der Waals surface area contributed by atoms with E-state index in [1.165, 1.54) is 6.07 Å². The van der Waals surface area contributed by atoms with E-state index in [2.05, 4.69) is 22.1 Å². The van der Waals surface area contributed by atoms with Crippen LogP contribution in [0.1, 0.15) is 20.8 Å². The molecule has 0 unspecified atom stereocenters. The topological polar surface area (TPSA) is 64.0 Å². The third kappa shape index (κ3) is 5.25. The second-order valence-electron chi connectivity index (χ2n) is 5.66. The van der Waals surface area contributed by atoms with E-state index in [1.54, 1.807) is 24.5 Å². The van der Waals surface area contributed by atoms with Crippen LogP contribution in [0.15, 0.2) is 47.7 Å². The molecule has 0 bridgehead atoms. The van der Waals surface area contributed by atoms with Crippen LogP contribution in [0.4, 0.5) is 18.9 Å². The van der Waals surface area contributed by atoms with E-state index < -0.39 is 30.3 Å². The Labute approximate surface area is 171 Å². The number of nitrogens with one attached hydrogen (secondary N) is 1. The molecule has 3 rings (SSSR count). The molecule has 148 valence electrons. The summed E-state index contributed by atoms with van der Waals surface area (Å²) in [6, 6.07) is 5.65. The highest BCUT2D eigenvalue weighted by Crippen LogP contribution is 2.27. The molecule has 0 atom stereocenters. The maximum Gasteiger partial charge on any atom is 0.286 e. The molecule has 3 aromatic rings. The lowest BCUT2D eigenvalue weighted by Gasteiger charge is -2.09. The van der Waals surface area contributed by atoms with Gasteiger partial charge in [0, 0.05) is 30.2 Å². The van der Waals surface area contributed by atoms with E-state index in [0.717, 1.165) is 23.6 Å². The first-order chi connectivity index (χ1) is 13.8.